The third kappa shape index (κ3) is 3.77. The molecule has 3 heterocycles. The molecule has 0 radical (unpaired) electrons. The molecule has 1 amide bonds. The minimum atomic E-state index is -4.33. The number of benzene rings is 1. The van der Waals surface area contributed by atoms with Crippen molar-refractivity contribution in [3.63, 3.8) is 0 Å². The Balaban J connectivity index is 1.37. The number of hydrogen-bond donors (Lipinski definition) is 2. The molecule has 3 nitrogen and oxygen atoms in total. The largest absolute Gasteiger partial charge is 0.416 e. The summed E-state index contributed by atoms with van der Waals surface area (Å²) < 4.78 is 38.7. The van der Waals surface area contributed by atoms with Crippen LogP contribution >= 0.6 is 23.1 Å². The smallest absolute Gasteiger partial charge is 0.347 e. The highest BCUT2D eigenvalue weighted by Gasteiger charge is 2.39. The molecule has 138 valence electrons. The van der Waals surface area contributed by atoms with Crippen LogP contribution in [-0.2, 0) is 6.18 Å². The second kappa shape index (κ2) is 6.90. The van der Waals surface area contributed by atoms with Crippen molar-refractivity contribution < 1.29 is 18.0 Å². The zero-order chi connectivity index (χ0) is 18.3. The molecular weight excluding hydrogens is 381 g/mol. The lowest BCUT2D eigenvalue weighted by Gasteiger charge is -2.20. The number of halogens is 3. The summed E-state index contributed by atoms with van der Waals surface area (Å²) in [5.41, 5.74) is -0.660. The summed E-state index contributed by atoms with van der Waals surface area (Å²) in [5.74, 6) is -0.0754. The SMILES string of the molecule is O=C(N[C@@H]1C[C@H]2CC[C@@H]1N2)c1ccc(Sc2ccc(C(F)(F)F)cc2)s1. The number of carbonyl (C=O) groups is 1. The Morgan fingerprint density at radius 1 is 1.15 bits per heavy atom. The number of amides is 1. The number of alkyl halides is 3. The molecule has 1 aromatic heterocycles. The van der Waals surface area contributed by atoms with Gasteiger partial charge in [0.25, 0.3) is 5.91 Å². The second-order valence-electron chi connectivity index (χ2n) is 6.61. The first kappa shape index (κ1) is 17.9. The van der Waals surface area contributed by atoms with Crippen molar-refractivity contribution in [1.29, 1.82) is 0 Å². The van der Waals surface area contributed by atoms with Crippen LogP contribution in [0.15, 0.2) is 45.5 Å². The molecule has 2 aromatic rings. The van der Waals surface area contributed by atoms with Crippen LogP contribution in [0.2, 0.25) is 0 Å². The Labute approximate surface area is 157 Å². The second-order valence-corrected chi connectivity index (χ2v) is 9.06. The Morgan fingerprint density at radius 2 is 1.92 bits per heavy atom. The highest BCUT2D eigenvalue weighted by atomic mass is 32.2. The van der Waals surface area contributed by atoms with Crippen molar-refractivity contribution in [2.75, 3.05) is 0 Å². The Morgan fingerprint density at radius 3 is 2.54 bits per heavy atom. The Kier molecular flexibility index (Phi) is 4.75. The average molecular weight is 398 g/mol. The number of thiophene rings is 1. The molecule has 2 fully saturated rings. The van der Waals surface area contributed by atoms with Crippen LogP contribution in [0.3, 0.4) is 0 Å². The topological polar surface area (TPSA) is 41.1 Å². The number of carbonyl (C=O) groups excluding carboxylic acids is 1. The van der Waals surface area contributed by atoms with E-state index >= 15 is 0 Å². The van der Waals surface area contributed by atoms with E-state index in [1.807, 2.05) is 6.07 Å². The fourth-order valence-electron chi connectivity index (χ4n) is 3.55. The van der Waals surface area contributed by atoms with Crippen molar-refractivity contribution in [2.45, 2.75) is 52.7 Å². The number of fused-ring (bicyclic) bond motifs is 2. The molecule has 0 saturated carbocycles. The lowest BCUT2D eigenvalue weighted by atomic mass is 9.95. The van der Waals surface area contributed by atoms with E-state index in [2.05, 4.69) is 10.6 Å². The van der Waals surface area contributed by atoms with Gasteiger partial charge in [-0.25, -0.2) is 0 Å². The molecule has 0 spiro atoms. The lowest BCUT2D eigenvalue weighted by Crippen LogP contribution is -2.42. The van der Waals surface area contributed by atoms with Gasteiger partial charge in [0.2, 0.25) is 0 Å². The van der Waals surface area contributed by atoms with Crippen LogP contribution in [-0.4, -0.2) is 24.0 Å². The van der Waals surface area contributed by atoms with E-state index in [1.165, 1.54) is 41.7 Å². The molecule has 26 heavy (non-hydrogen) atoms. The van der Waals surface area contributed by atoms with Gasteiger partial charge < -0.3 is 10.6 Å². The van der Waals surface area contributed by atoms with E-state index in [9.17, 15) is 18.0 Å². The van der Waals surface area contributed by atoms with E-state index in [1.54, 1.807) is 6.07 Å². The quantitative estimate of drug-likeness (QED) is 0.795. The standard InChI is InChI=1S/C18H17F3N2OS2/c19-18(20,21)10-1-4-12(5-2-10)25-16-8-7-15(26-16)17(24)23-14-9-11-3-6-13(14)22-11/h1-2,4-5,7-8,11,13-14,22H,3,6,9H2,(H,23,24)/t11-,13+,14-/m1/s1. The van der Waals surface area contributed by atoms with Crippen LogP contribution < -0.4 is 10.6 Å². The van der Waals surface area contributed by atoms with E-state index in [-0.39, 0.29) is 11.9 Å². The average Bonchev–Trinajstić information content (AvgIpc) is 3.31. The van der Waals surface area contributed by atoms with Crippen LogP contribution in [0.1, 0.15) is 34.5 Å². The molecular formula is C18H17F3N2OS2. The molecule has 1 aromatic carbocycles. The van der Waals surface area contributed by atoms with Gasteiger partial charge in [-0.3, -0.25) is 4.79 Å². The van der Waals surface area contributed by atoms with Gasteiger partial charge in [0.1, 0.15) is 0 Å². The van der Waals surface area contributed by atoms with Gasteiger partial charge in [-0.1, -0.05) is 11.8 Å². The summed E-state index contributed by atoms with van der Waals surface area (Å²) in [5, 5.41) is 6.59. The summed E-state index contributed by atoms with van der Waals surface area (Å²) in [6.45, 7) is 0. The molecule has 0 aliphatic carbocycles. The van der Waals surface area contributed by atoms with Crippen molar-refractivity contribution in [1.82, 2.24) is 10.6 Å². The lowest BCUT2D eigenvalue weighted by molar-refractivity contribution is -0.137. The number of nitrogens with one attached hydrogen (secondary N) is 2. The van der Waals surface area contributed by atoms with Gasteiger partial charge in [-0.15, -0.1) is 11.3 Å². The monoisotopic (exact) mass is 398 g/mol. The molecule has 8 heteroatoms. The minimum absolute atomic E-state index is 0.0754. The van der Waals surface area contributed by atoms with Crippen molar-refractivity contribution >= 4 is 29.0 Å². The van der Waals surface area contributed by atoms with Gasteiger partial charge in [0.15, 0.2) is 0 Å². The van der Waals surface area contributed by atoms with E-state index in [0.717, 1.165) is 29.2 Å². The van der Waals surface area contributed by atoms with E-state index < -0.39 is 11.7 Å². The minimum Gasteiger partial charge on any atom is -0.347 e. The van der Waals surface area contributed by atoms with Gasteiger partial charge in [-0.2, -0.15) is 13.2 Å². The third-order valence-electron chi connectivity index (χ3n) is 4.82. The predicted octanol–water partition coefficient (Wildman–Crippen LogP) is 4.54. The maximum Gasteiger partial charge on any atom is 0.416 e. The summed E-state index contributed by atoms with van der Waals surface area (Å²) >= 11 is 2.72. The first-order valence-electron chi connectivity index (χ1n) is 8.40. The molecule has 2 aliphatic rings. The molecule has 2 saturated heterocycles. The molecule has 0 unspecified atom stereocenters. The number of rotatable bonds is 4. The maximum absolute atomic E-state index is 12.6. The van der Waals surface area contributed by atoms with Crippen molar-refractivity contribution in [2.24, 2.45) is 0 Å². The summed E-state index contributed by atoms with van der Waals surface area (Å²) in [6, 6.07) is 9.76. The highest BCUT2D eigenvalue weighted by Crippen LogP contribution is 2.36. The fourth-order valence-corrected chi connectivity index (χ4v) is 5.55. The molecule has 2 aliphatic heterocycles. The zero-order valence-electron chi connectivity index (χ0n) is 13.7. The summed E-state index contributed by atoms with van der Waals surface area (Å²) in [4.78, 5) is 13.8. The maximum atomic E-state index is 12.6. The highest BCUT2D eigenvalue weighted by molar-refractivity contribution is 8.01. The fraction of sp³-hybridized carbons (Fsp3) is 0.389. The third-order valence-corrected chi connectivity index (χ3v) is 7.05. The molecule has 3 atom stereocenters. The van der Waals surface area contributed by atoms with E-state index in [4.69, 9.17) is 0 Å². The van der Waals surface area contributed by atoms with Gasteiger partial charge in [0.05, 0.1) is 14.6 Å². The van der Waals surface area contributed by atoms with Crippen LogP contribution in [0.4, 0.5) is 13.2 Å². The van der Waals surface area contributed by atoms with Crippen molar-refractivity contribution in [3.8, 4) is 0 Å². The summed E-state index contributed by atoms with van der Waals surface area (Å²) in [6.07, 6.45) is -1.06. The molecule has 2 N–H and O–H groups in total. The normalized spacial score (nSPS) is 24.8. The molecule has 4 rings (SSSR count). The Bertz CT molecular complexity index is 804. The van der Waals surface area contributed by atoms with Gasteiger partial charge >= 0.3 is 6.18 Å². The molecule has 2 bridgehead atoms. The van der Waals surface area contributed by atoms with Gasteiger partial charge in [-0.05, 0) is 55.7 Å². The first-order chi connectivity index (χ1) is 12.4. The van der Waals surface area contributed by atoms with Crippen LogP contribution in [0.5, 0.6) is 0 Å². The Hall–Kier alpha value is -1.51. The van der Waals surface area contributed by atoms with Crippen LogP contribution in [0.25, 0.3) is 0 Å². The summed E-state index contributed by atoms with van der Waals surface area (Å²) in [7, 11) is 0. The predicted molar refractivity (Wildman–Crippen MR) is 95.7 cm³/mol. The van der Waals surface area contributed by atoms with Crippen molar-refractivity contribution in [3.05, 3.63) is 46.8 Å². The zero-order valence-corrected chi connectivity index (χ0v) is 15.3. The first-order valence-corrected chi connectivity index (χ1v) is 10.0. The number of hydrogen-bond acceptors (Lipinski definition) is 4. The van der Waals surface area contributed by atoms with Crippen LogP contribution in [0, 0.1) is 0 Å². The van der Waals surface area contributed by atoms with Gasteiger partial charge in [0, 0.05) is 23.0 Å². The van der Waals surface area contributed by atoms with E-state index in [0.29, 0.717) is 21.9 Å².